The lowest BCUT2D eigenvalue weighted by molar-refractivity contribution is 0.0187. The van der Waals surface area contributed by atoms with E-state index in [9.17, 15) is 0 Å². The molecule has 0 atom stereocenters. The van der Waals surface area contributed by atoms with Crippen molar-refractivity contribution >= 4 is 16.7 Å². The summed E-state index contributed by atoms with van der Waals surface area (Å²) in [6.45, 7) is 16.6. The Morgan fingerprint density at radius 1 is 0.415 bits per heavy atom. The highest BCUT2D eigenvalue weighted by molar-refractivity contribution is 5.64. The van der Waals surface area contributed by atoms with E-state index >= 15 is 0 Å². The van der Waals surface area contributed by atoms with Crippen molar-refractivity contribution < 1.29 is 42.6 Å². The Balaban J connectivity index is 0.000000401. The van der Waals surface area contributed by atoms with Crippen LogP contribution in [0.3, 0.4) is 0 Å². The summed E-state index contributed by atoms with van der Waals surface area (Å²) in [6, 6.07) is 24.3. The van der Waals surface area contributed by atoms with Crippen LogP contribution in [-0.4, -0.2) is 86.9 Å². The normalized spacial score (nSPS) is 11.8. The van der Waals surface area contributed by atoms with Gasteiger partial charge in [0.25, 0.3) is 0 Å². The highest BCUT2D eigenvalue weighted by Gasteiger charge is 2.00. The van der Waals surface area contributed by atoms with E-state index in [1.54, 1.807) is 33.0 Å². The molecule has 0 radical (unpaired) electrons. The monoisotopic (exact) mass is 734 g/mol. The van der Waals surface area contributed by atoms with E-state index in [1.165, 1.54) is 11.1 Å². The largest absolute Gasteiger partial charge is 0.498 e. The number of aryl methyl sites for hydroxylation is 1. The molecule has 0 bridgehead atoms. The molecule has 0 unspecified atom stereocenters. The minimum absolute atomic E-state index is 0.500. The van der Waals surface area contributed by atoms with Crippen LogP contribution in [0.4, 0.5) is 0 Å². The second-order valence-corrected chi connectivity index (χ2v) is 12.0. The fourth-order valence-electron chi connectivity index (χ4n) is 4.58. The molecule has 0 saturated carbocycles. The fraction of sp³-hybridized carbons (Fsp3) is 0.455. The molecule has 292 valence electrons. The zero-order valence-electron chi connectivity index (χ0n) is 33.0. The average Bonchev–Trinajstić information content (AvgIpc) is 3.20. The summed E-state index contributed by atoms with van der Waals surface area (Å²) in [7, 11) is 3.32. The van der Waals surface area contributed by atoms with Gasteiger partial charge in [0.2, 0.25) is 0 Å². The van der Waals surface area contributed by atoms with Gasteiger partial charge in [-0.3, -0.25) is 0 Å². The number of hydrogen-bond donors (Lipinski definition) is 0. The van der Waals surface area contributed by atoms with Crippen molar-refractivity contribution in [1.29, 1.82) is 0 Å². The molecule has 0 N–H and O–H groups in total. The van der Waals surface area contributed by atoms with Crippen molar-refractivity contribution in [3.8, 4) is 11.5 Å². The molecule has 3 aromatic carbocycles. The average molecular weight is 735 g/mol. The first-order chi connectivity index (χ1) is 25.9. The third-order valence-electron chi connectivity index (χ3n) is 7.82. The Morgan fingerprint density at radius 3 is 1.02 bits per heavy atom. The molecular formula is C44H62O9. The van der Waals surface area contributed by atoms with E-state index in [1.807, 2.05) is 69.3 Å². The van der Waals surface area contributed by atoms with Crippen LogP contribution in [-0.2, 0) is 39.6 Å². The van der Waals surface area contributed by atoms with Gasteiger partial charge in [-0.1, -0.05) is 62.4 Å². The number of rotatable bonds is 26. The maximum absolute atomic E-state index is 5.58. The van der Waals surface area contributed by atoms with E-state index in [4.69, 9.17) is 42.6 Å². The van der Waals surface area contributed by atoms with Gasteiger partial charge in [-0.05, 0) is 96.9 Å². The van der Waals surface area contributed by atoms with Gasteiger partial charge < -0.3 is 42.6 Å². The zero-order valence-corrected chi connectivity index (χ0v) is 33.0. The predicted octanol–water partition coefficient (Wildman–Crippen LogP) is 9.26. The van der Waals surface area contributed by atoms with E-state index in [0.717, 1.165) is 58.8 Å². The molecule has 53 heavy (non-hydrogen) atoms. The van der Waals surface area contributed by atoms with Gasteiger partial charge in [0, 0.05) is 6.61 Å². The summed E-state index contributed by atoms with van der Waals surface area (Å²) in [5, 5.41) is 0. The first-order valence-electron chi connectivity index (χ1n) is 18.5. The van der Waals surface area contributed by atoms with Gasteiger partial charge >= 0.3 is 0 Å². The van der Waals surface area contributed by atoms with E-state index in [0.29, 0.717) is 66.1 Å². The lowest BCUT2D eigenvalue weighted by Crippen LogP contribution is -2.10. The molecule has 0 amide bonds. The fourth-order valence-corrected chi connectivity index (χ4v) is 4.58. The SMILES string of the molecule is CCCOCCOCCOC=C(C)c1ccc(OC)cc1.CCc1ccc(C(C)=COCCOCCOCCOC=C(C)c2ccc(OC)cc2)cc1. The van der Waals surface area contributed by atoms with Crippen molar-refractivity contribution in [2.24, 2.45) is 0 Å². The Bertz CT molecular complexity index is 1360. The maximum Gasteiger partial charge on any atom is 0.118 e. The number of methoxy groups -OCH3 is 2. The first-order valence-corrected chi connectivity index (χ1v) is 18.5. The van der Waals surface area contributed by atoms with E-state index in [-0.39, 0.29) is 0 Å². The lowest BCUT2D eigenvalue weighted by atomic mass is 10.1. The Morgan fingerprint density at radius 2 is 0.717 bits per heavy atom. The van der Waals surface area contributed by atoms with Gasteiger partial charge in [0.1, 0.15) is 31.3 Å². The standard InChI is InChI=1S/C27H36O5.C17H26O4/c1-5-24-6-8-25(9-7-24)22(2)20-31-18-16-29-14-15-30-17-19-32-21-23(3)26-10-12-27(28-4)13-11-26;1-4-9-19-10-11-20-12-13-21-14-15(2)16-5-7-17(18-3)8-6-16/h6-13,20-21H,5,14-19H2,1-4H3;5-8,14H,4,9-13H2,1-3H3. The molecule has 0 spiro atoms. The van der Waals surface area contributed by atoms with Gasteiger partial charge in [0.05, 0.1) is 79.3 Å². The molecule has 3 rings (SSSR count). The van der Waals surface area contributed by atoms with Gasteiger partial charge in [0.15, 0.2) is 0 Å². The molecule has 9 heteroatoms. The Labute approximate surface area is 318 Å². The van der Waals surface area contributed by atoms with Crippen molar-refractivity contribution in [1.82, 2.24) is 0 Å². The third kappa shape index (κ3) is 20.5. The Hall–Kier alpha value is -4.28. The number of ether oxygens (including phenoxy) is 9. The molecule has 0 saturated heterocycles. The van der Waals surface area contributed by atoms with Crippen LogP contribution in [0.25, 0.3) is 16.7 Å². The van der Waals surface area contributed by atoms with Gasteiger partial charge in [-0.15, -0.1) is 0 Å². The summed E-state index contributed by atoms with van der Waals surface area (Å²) < 4.78 is 48.7. The second kappa shape index (κ2) is 29.2. The highest BCUT2D eigenvalue weighted by atomic mass is 16.6. The number of hydrogen-bond acceptors (Lipinski definition) is 9. The molecular weight excluding hydrogens is 672 g/mol. The van der Waals surface area contributed by atoms with E-state index in [2.05, 4.69) is 38.1 Å². The van der Waals surface area contributed by atoms with Crippen LogP contribution in [0.1, 0.15) is 63.3 Å². The summed E-state index contributed by atoms with van der Waals surface area (Å²) in [4.78, 5) is 0. The Kier molecular flexibility index (Phi) is 24.7. The molecule has 9 nitrogen and oxygen atoms in total. The van der Waals surface area contributed by atoms with Crippen molar-refractivity contribution in [3.05, 3.63) is 114 Å². The molecule has 0 aliphatic rings. The second-order valence-electron chi connectivity index (χ2n) is 12.0. The molecule has 0 heterocycles. The molecule has 3 aromatic rings. The smallest absolute Gasteiger partial charge is 0.118 e. The van der Waals surface area contributed by atoms with Crippen molar-refractivity contribution in [2.75, 3.05) is 86.9 Å². The maximum atomic E-state index is 5.58. The first kappa shape index (κ1) is 44.9. The van der Waals surface area contributed by atoms with Crippen LogP contribution in [0.5, 0.6) is 11.5 Å². The van der Waals surface area contributed by atoms with Crippen LogP contribution in [0.2, 0.25) is 0 Å². The summed E-state index contributed by atoms with van der Waals surface area (Å²) in [6.07, 6.45) is 7.40. The molecule has 0 aliphatic heterocycles. The topological polar surface area (TPSA) is 83.1 Å². The van der Waals surface area contributed by atoms with E-state index < -0.39 is 0 Å². The zero-order chi connectivity index (χ0) is 38.4. The summed E-state index contributed by atoms with van der Waals surface area (Å²) in [5.74, 6) is 1.69. The van der Waals surface area contributed by atoms with Gasteiger partial charge in [-0.2, -0.15) is 0 Å². The predicted molar refractivity (Wildman–Crippen MR) is 214 cm³/mol. The van der Waals surface area contributed by atoms with Crippen LogP contribution >= 0.6 is 0 Å². The third-order valence-corrected chi connectivity index (χ3v) is 7.82. The lowest BCUT2D eigenvalue weighted by Gasteiger charge is -2.08. The molecule has 0 aliphatic carbocycles. The van der Waals surface area contributed by atoms with Crippen molar-refractivity contribution in [3.63, 3.8) is 0 Å². The van der Waals surface area contributed by atoms with Crippen LogP contribution < -0.4 is 9.47 Å². The number of benzene rings is 3. The summed E-state index contributed by atoms with van der Waals surface area (Å²) in [5.41, 5.74) is 7.96. The van der Waals surface area contributed by atoms with Gasteiger partial charge in [-0.25, -0.2) is 0 Å². The van der Waals surface area contributed by atoms with Crippen molar-refractivity contribution in [2.45, 2.75) is 47.5 Å². The quantitative estimate of drug-likeness (QED) is 0.0592. The highest BCUT2D eigenvalue weighted by Crippen LogP contribution is 2.19. The minimum atomic E-state index is 0.500. The summed E-state index contributed by atoms with van der Waals surface area (Å²) >= 11 is 0. The molecule has 0 aromatic heterocycles. The van der Waals surface area contributed by atoms with Crippen LogP contribution in [0, 0.1) is 0 Å². The molecule has 0 fully saturated rings. The van der Waals surface area contributed by atoms with Crippen LogP contribution in [0.15, 0.2) is 91.6 Å². The minimum Gasteiger partial charge on any atom is -0.498 e. The number of allylic oxidation sites excluding steroid dienone is 3.